The Morgan fingerprint density at radius 1 is 1.32 bits per heavy atom. The van der Waals surface area contributed by atoms with E-state index in [1.165, 1.54) is 12.1 Å². The molecule has 2 aromatic carbocycles. The molecule has 0 aliphatic heterocycles. The Labute approximate surface area is 163 Å². The van der Waals surface area contributed by atoms with Crippen LogP contribution in [-0.2, 0) is 4.79 Å². The summed E-state index contributed by atoms with van der Waals surface area (Å²) in [4.78, 5) is 26.4. The Kier molecular flexibility index (Phi) is 5.75. The van der Waals surface area contributed by atoms with Crippen LogP contribution in [-0.4, -0.2) is 44.0 Å². The maximum Gasteiger partial charge on any atom is 0.273 e. The summed E-state index contributed by atoms with van der Waals surface area (Å²) >= 11 is 1.10. The summed E-state index contributed by atoms with van der Waals surface area (Å²) in [5.74, 6) is 0.482. The van der Waals surface area contributed by atoms with Crippen molar-refractivity contribution in [2.24, 2.45) is 0 Å². The predicted octanol–water partition coefficient (Wildman–Crippen LogP) is 2.82. The minimum Gasteiger partial charge on any atom is -0.506 e. The number of aromatic nitrogens is 3. The molecule has 3 N–H and O–H groups in total. The van der Waals surface area contributed by atoms with E-state index in [-0.39, 0.29) is 22.9 Å². The summed E-state index contributed by atoms with van der Waals surface area (Å²) in [6, 6.07) is 10.7. The standard InChI is InChI=1S/C17H15N5O5S/c1-27-12-5-2-10(3-6-12)16-19-17(21-20-16)28-9-15(24)18-13-7-4-11(22(25)26)8-14(13)23/h2-8,23H,9H2,1H3,(H,18,24)(H,19,20,21). The average Bonchev–Trinajstić information content (AvgIpc) is 3.17. The highest BCUT2D eigenvalue weighted by molar-refractivity contribution is 7.99. The fourth-order valence-corrected chi connectivity index (χ4v) is 2.84. The van der Waals surface area contributed by atoms with Crippen LogP contribution in [0.25, 0.3) is 11.4 Å². The van der Waals surface area contributed by atoms with Crippen LogP contribution in [0.3, 0.4) is 0 Å². The van der Waals surface area contributed by atoms with Gasteiger partial charge in [0.2, 0.25) is 11.1 Å². The number of rotatable bonds is 7. The number of nitro groups is 1. The Morgan fingerprint density at radius 2 is 2.07 bits per heavy atom. The van der Waals surface area contributed by atoms with Crippen molar-refractivity contribution in [3.63, 3.8) is 0 Å². The number of H-pyrrole nitrogens is 1. The number of phenols is 1. The zero-order valence-corrected chi connectivity index (χ0v) is 15.4. The third-order valence-electron chi connectivity index (χ3n) is 3.63. The summed E-state index contributed by atoms with van der Waals surface area (Å²) in [5.41, 5.74) is 0.641. The quantitative estimate of drug-likeness (QED) is 0.237. The van der Waals surface area contributed by atoms with Crippen LogP contribution < -0.4 is 10.1 Å². The van der Waals surface area contributed by atoms with Gasteiger partial charge in [0, 0.05) is 11.6 Å². The van der Waals surface area contributed by atoms with Gasteiger partial charge in [0.1, 0.15) is 11.5 Å². The first-order valence-corrected chi connectivity index (χ1v) is 8.91. The van der Waals surface area contributed by atoms with Crippen molar-refractivity contribution in [1.82, 2.24) is 15.2 Å². The number of benzene rings is 2. The molecule has 0 spiro atoms. The number of nitrogens with zero attached hydrogens (tertiary/aromatic N) is 3. The largest absolute Gasteiger partial charge is 0.506 e. The van der Waals surface area contributed by atoms with Gasteiger partial charge in [-0.2, -0.15) is 0 Å². The van der Waals surface area contributed by atoms with Crippen molar-refractivity contribution in [2.75, 3.05) is 18.2 Å². The van der Waals surface area contributed by atoms with Gasteiger partial charge >= 0.3 is 0 Å². The number of amides is 1. The second-order valence-corrected chi connectivity index (χ2v) is 6.43. The molecular formula is C17H15N5O5S. The van der Waals surface area contributed by atoms with Gasteiger partial charge in [-0.15, -0.1) is 5.10 Å². The SMILES string of the molecule is COc1ccc(-c2nc(SCC(=O)Nc3ccc([N+](=O)[O-])cc3O)n[nH]2)cc1. The zero-order chi connectivity index (χ0) is 20.1. The molecular weight excluding hydrogens is 386 g/mol. The molecule has 1 aromatic heterocycles. The van der Waals surface area contributed by atoms with Crippen molar-refractivity contribution >= 4 is 29.0 Å². The number of phenolic OH excluding ortho intramolecular Hbond substituents is 1. The molecule has 0 fully saturated rings. The molecule has 0 aliphatic rings. The summed E-state index contributed by atoms with van der Waals surface area (Å²) in [6.45, 7) is 0. The second kappa shape index (κ2) is 8.39. The molecule has 0 radical (unpaired) electrons. The van der Waals surface area contributed by atoms with Crippen LogP contribution in [0.2, 0.25) is 0 Å². The lowest BCUT2D eigenvalue weighted by Gasteiger charge is -2.06. The highest BCUT2D eigenvalue weighted by Gasteiger charge is 2.13. The number of nitrogens with one attached hydrogen (secondary N) is 2. The fourth-order valence-electron chi connectivity index (χ4n) is 2.24. The first-order chi connectivity index (χ1) is 13.5. The maximum absolute atomic E-state index is 12.0. The normalized spacial score (nSPS) is 10.5. The minimum absolute atomic E-state index is 0.00364. The predicted molar refractivity (Wildman–Crippen MR) is 102 cm³/mol. The monoisotopic (exact) mass is 401 g/mol. The number of aromatic hydroxyl groups is 1. The van der Waals surface area contributed by atoms with Crippen LogP contribution >= 0.6 is 11.8 Å². The summed E-state index contributed by atoms with van der Waals surface area (Å²) in [5, 5.41) is 30.2. The lowest BCUT2D eigenvalue weighted by molar-refractivity contribution is -0.384. The molecule has 11 heteroatoms. The molecule has 1 amide bonds. The van der Waals surface area contributed by atoms with Gasteiger partial charge in [-0.25, -0.2) is 4.98 Å². The molecule has 0 atom stereocenters. The topological polar surface area (TPSA) is 143 Å². The van der Waals surface area contributed by atoms with Gasteiger partial charge < -0.3 is 15.2 Å². The number of nitro benzene ring substituents is 1. The lowest BCUT2D eigenvalue weighted by atomic mass is 10.2. The number of hydrogen-bond donors (Lipinski definition) is 3. The van der Waals surface area contributed by atoms with E-state index in [1.807, 2.05) is 12.1 Å². The highest BCUT2D eigenvalue weighted by atomic mass is 32.2. The van der Waals surface area contributed by atoms with E-state index in [9.17, 15) is 20.0 Å². The van der Waals surface area contributed by atoms with Crippen molar-refractivity contribution in [3.8, 4) is 22.9 Å². The molecule has 0 saturated carbocycles. The minimum atomic E-state index is -0.634. The molecule has 3 rings (SSSR count). The van der Waals surface area contributed by atoms with E-state index in [2.05, 4.69) is 20.5 Å². The van der Waals surface area contributed by atoms with E-state index in [4.69, 9.17) is 4.74 Å². The molecule has 28 heavy (non-hydrogen) atoms. The Hall–Kier alpha value is -3.60. The molecule has 10 nitrogen and oxygen atoms in total. The second-order valence-electron chi connectivity index (χ2n) is 5.49. The van der Waals surface area contributed by atoms with Crippen LogP contribution in [0.4, 0.5) is 11.4 Å². The number of anilines is 1. The van der Waals surface area contributed by atoms with Gasteiger partial charge in [-0.1, -0.05) is 11.8 Å². The Balaban J connectivity index is 1.58. The molecule has 0 bridgehead atoms. The third kappa shape index (κ3) is 4.57. The van der Waals surface area contributed by atoms with Crippen LogP contribution in [0, 0.1) is 10.1 Å². The van der Waals surface area contributed by atoms with Crippen LogP contribution in [0.15, 0.2) is 47.6 Å². The third-order valence-corrected chi connectivity index (χ3v) is 4.47. The van der Waals surface area contributed by atoms with E-state index >= 15 is 0 Å². The number of ether oxygens (including phenoxy) is 1. The first-order valence-electron chi connectivity index (χ1n) is 7.93. The zero-order valence-electron chi connectivity index (χ0n) is 14.6. The Morgan fingerprint density at radius 3 is 2.71 bits per heavy atom. The number of carbonyl (C=O) groups excluding carboxylic acids is 1. The fraction of sp³-hybridized carbons (Fsp3) is 0.118. The van der Waals surface area contributed by atoms with Gasteiger partial charge in [0.05, 0.1) is 29.5 Å². The van der Waals surface area contributed by atoms with Crippen molar-refractivity contribution in [1.29, 1.82) is 0 Å². The summed E-state index contributed by atoms with van der Waals surface area (Å²) in [7, 11) is 1.58. The van der Waals surface area contributed by atoms with Gasteiger partial charge in [0.25, 0.3) is 5.69 Å². The Bertz CT molecular complexity index is 1010. The van der Waals surface area contributed by atoms with Gasteiger partial charge in [-0.05, 0) is 30.3 Å². The van der Waals surface area contributed by atoms with E-state index in [0.29, 0.717) is 11.0 Å². The van der Waals surface area contributed by atoms with Gasteiger partial charge in [0.15, 0.2) is 5.82 Å². The number of hydrogen-bond acceptors (Lipinski definition) is 8. The molecule has 0 saturated heterocycles. The van der Waals surface area contributed by atoms with E-state index < -0.39 is 10.8 Å². The number of methoxy groups -OCH3 is 1. The lowest BCUT2D eigenvalue weighted by Crippen LogP contribution is -2.14. The molecule has 1 heterocycles. The van der Waals surface area contributed by atoms with Crippen molar-refractivity contribution < 1.29 is 19.6 Å². The van der Waals surface area contributed by atoms with Gasteiger partial charge in [-0.3, -0.25) is 20.0 Å². The van der Waals surface area contributed by atoms with Crippen molar-refractivity contribution in [3.05, 3.63) is 52.6 Å². The van der Waals surface area contributed by atoms with Crippen molar-refractivity contribution in [2.45, 2.75) is 5.16 Å². The van der Waals surface area contributed by atoms with E-state index in [0.717, 1.165) is 29.1 Å². The summed E-state index contributed by atoms with van der Waals surface area (Å²) in [6.07, 6.45) is 0. The van der Waals surface area contributed by atoms with E-state index in [1.54, 1.807) is 19.2 Å². The number of non-ortho nitro benzene ring substituents is 1. The maximum atomic E-state index is 12.0. The molecule has 3 aromatic rings. The highest BCUT2D eigenvalue weighted by Crippen LogP contribution is 2.28. The molecule has 0 aliphatic carbocycles. The first kappa shape index (κ1) is 19.2. The molecule has 144 valence electrons. The van der Waals surface area contributed by atoms with Crippen LogP contribution in [0.1, 0.15) is 0 Å². The smallest absolute Gasteiger partial charge is 0.273 e. The van der Waals surface area contributed by atoms with Crippen LogP contribution in [0.5, 0.6) is 11.5 Å². The average molecular weight is 401 g/mol. The number of carbonyl (C=O) groups is 1. The number of thioether (sulfide) groups is 1. The number of aromatic amines is 1. The summed E-state index contributed by atoms with van der Waals surface area (Å²) < 4.78 is 5.10. The molecule has 0 unspecified atom stereocenters.